The summed E-state index contributed by atoms with van der Waals surface area (Å²) >= 11 is 6.54. The van der Waals surface area contributed by atoms with E-state index in [1.54, 1.807) is 0 Å². The molecule has 7 heteroatoms. The van der Waals surface area contributed by atoms with E-state index in [1.807, 2.05) is 25.1 Å². The summed E-state index contributed by atoms with van der Waals surface area (Å²) in [4.78, 5) is 10.8. The summed E-state index contributed by atoms with van der Waals surface area (Å²) in [5.74, 6) is 1.06. The van der Waals surface area contributed by atoms with Crippen molar-refractivity contribution in [3.8, 4) is 0 Å². The summed E-state index contributed by atoms with van der Waals surface area (Å²) in [6.07, 6.45) is 2.45. The van der Waals surface area contributed by atoms with Crippen LogP contribution in [-0.2, 0) is 11.2 Å². The van der Waals surface area contributed by atoms with Crippen molar-refractivity contribution >= 4 is 23.4 Å². The van der Waals surface area contributed by atoms with E-state index in [0.29, 0.717) is 18.2 Å². The number of nitrogens with zero attached hydrogens (tertiary/aromatic N) is 3. The first kappa shape index (κ1) is 18.9. The lowest BCUT2D eigenvalue weighted by molar-refractivity contribution is 0.134. The normalized spacial score (nSPS) is 18.0. The van der Waals surface area contributed by atoms with Gasteiger partial charge in [-0.05, 0) is 43.4 Å². The van der Waals surface area contributed by atoms with Crippen LogP contribution < -0.4 is 10.6 Å². The molecule has 3 rings (SSSR count). The van der Waals surface area contributed by atoms with Gasteiger partial charge >= 0.3 is 0 Å². The van der Waals surface area contributed by atoms with Crippen molar-refractivity contribution in [2.45, 2.75) is 32.2 Å². The van der Waals surface area contributed by atoms with Gasteiger partial charge in [-0.1, -0.05) is 23.7 Å². The maximum absolute atomic E-state index is 9.10. The lowest BCUT2D eigenvalue weighted by Gasteiger charge is -2.31. The van der Waals surface area contributed by atoms with Gasteiger partial charge in [0.05, 0.1) is 12.6 Å². The molecule has 0 spiro atoms. The predicted molar refractivity (Wildman–Crippen MR) is 104 cm³/mol. The molecule has 0 saturated carbocycles. The van der Waals surface area contributed by atoms with Crippen molar-refractivity contribution in [2.75, 3.05) is 37.0 Å². The highest BCUT2D eigenvalue weighted by Crippen LogP contribution is 2.33. The van der Waals surface area contributed by atoms with E-state index in [2.05, 4.69) is 20.9 Å². The first-order valence-electron chi connectivity index (χ1n) is 8.93. The van der Waals surface area contributed by atoms with Crippen LogP contribution in [0.2, 0.25) is 5.02 Å². The third kappa shape index (κ3) is 4.44. The Balaban J connectivity index is 1.99. The summed E-state index contributed by atoms with van der Waals surface area (Å²) < 4.78 is 5.83. The van der Waals surface area contributed by atoms with E-state index < -0.39 is 0 Å². The van der Waals surface area contributed by atoms with Gasteiger partial charge in [0, 0.05) is 36.5 Å². The number of halogens is 1. The molecule has 0 radical (unpaired) electrons. The van der Waals surface area contributed by atoms with Crippen LogP contribution in [0.1, 0.15) is 35.7 Å². The number of rotatable bonds is 5. The number of nitrogen functional groups attached to an aromatic ring is 1. The molecule has 140 valence electrons. The fraction of sp³-hybridized carbons (Fsp3) is 0.474. The molecule has 6 nitrogen and oxygen atoms in total. The van der Waals surface area contributed by atoms with Gasteiger partial charge in [0.2, 0.25) is 5.95 Å². The topological polar surface area (TPSA) is 84.5 Å². The second-order valence-electron chi connectivity index (χ2n) is 6.55. The molecule has 1 aromatic heterocycles. The molecular weight excluding hydrogens is 352 g/mol. The molecule has 1 aliphatic heterocycles. The number of anilines is 2. The standard InChI is InChI=1S/C19H25ClN4O2/c1-13-10-18(23-19(21)22-13)24-7-3-9-26-12-17(24)15-11-14(4-2-8-25)5-6-16(15)20/h5-6,10-11,17,25H,2-4,7-9,12H2,1H3,(H2,21,22,23). The minimum atomic E-state index is -0.0484. The molecule has 1 atom stereocenters. The highest BCUT2D eigenvalue weighted by atomic mass is 35.5. The van der Waals surface area contributed by atoms with Gasteiger partial charge < -0.3 is 20.5 Å². The predicted octanol–water partition coefficient (Wildman–Crippen LogP) is 2.91. The Labute approximate surface area is 159 Å². The summed E-state index contributed by atoms with van der Waals surface area (Å²) in [5, 5.41) is 9.81. The van der Waals surface area contributed by atoms with Crippen LogP contribution in [0.4, 0.5) is 11.8 Å². The van der Waals surface area contributed by atoms with Crippen molar-refractivity contribution in [3.05, 3.63) is 46.1 Å². The number of hydrogen-bond donors (Lipinski definition) is 2. The average molecular weight is 377 g/mol. The molecule has 1 fully saturated rings. The first-order chi connectivity index (χ1) is 12.6. The zero-order valence-electron chi connectivity index (χ0n) is 15.0. The van der Waals surface area contributed by atoms with E-state index in [1.165, 1.54) is 0 Å². The van der Waals surface area contributed by atoms with Gasteiger partial charge in [-0.3, -0.25) is 0 Å². The van der Waals surface area contributed by atoms with Crippen molar-refractivity contribution in [1.82, 2.24) is 9.97 Å². The highest BCUT2D eigenvalue weighted by Gasteiger charge is 2.27. The fourth-order valence-electron chi connectivity index (χ4n) is 3.32. The molecule has 26 heavy (non-hydrogen) atoms. The van der Waals surface area contributed by atoms with Crippen molar-refractivity contribution in [1.29, 1.82) is 0 Å². The smallest absolute Gasteiger partial charge is 0.222 e. The summed E-state index contributed by atoms with van der Waals surface area (Å²) in [6.45, 7) is 4.13. The average Bonchev–Trinajstić information content (AvgIpc) is 2.86. The lowest BCUT2D eigenvalue weighted by Crippen LogP contribution is -2.32. The molecule has 2 aromatic rings. The molecule has 1 aliphatic rings. The van der Waals surface area contributed by atoms with Gasteiger partial charge in [-0.25, -0.2) is 4.98 Å². The minimum absolute atomic E-state index is 0.0484. The van der Waals surface area contributed by atoms with Gasteiger partial charge in [-0.2, -0.15) is 4.98 Å². The molecule has 0 bridgehead atoms. The second-order valence-corrected chi connectivity index (χ2v) is 6.95. The van der Waals surface area contributed by atoms with Crippen LogP contribution in [0.3, 0.4) is 0 Å². The van der Waals surface area contributed by atoms with Crippen LogP contribution in [0, 0.1) is 6.92 Å². The number of hydrogen-bond acceptors (Lipinski definition) is 6. The zero-order chi connectivity index (χ0) is 18.5. The van der Waals surface area contributed by atoms with Crippen molar-refractivity contribution < 1.29 is 9.84 Å². The van der Waals surface area contributed by atoms with Crippen LogP contribution in [0.5, 0.6) is 0 Å². The maximum Gasteiger partial charge on any atom is 0.222 e. The molecule has 1 aromatic carbocycles. The van der Waals surface area contributed by atoms with Crippen molar-refractivity contribution in [3.63, 3.8) is 0 Å². The fourth-order valence-corrected chi connectivity index (χ4v) is 3.56. The van der Waals surface area contributed by atoms with Gasteiger partial charge in [-0.15, -0.1) is 0 Å². The molecule has 3 N–H and O–H groups in total. The molecule has 0 amide bonds. The number of ether oxygens (including phenoxy) is 1. The summed E-state index contributed by atoms with van der Waals surface area (Å²) in [6, 6.07) is 7.94. The SMILES string of the molecule is Cc1cc(N2CCCOCC2c2cc(CCCO)ccc2Cl)nc(N)n1. The second kappa shape index (κ2) is 8.66. The van der Waals surface area contributed by atoms with Crippen LogP contribution in [0.15, 0.2) is 24.3 Å². The largest absolute Gasteiger partial charge is 0.396 e. The van der Waals surface area contributed by atoms with Gasteiger partial charge in [0.25, 0.3) is 0 Å². The van der Waals surface area contributed by atoms with Gasteiger partial charge in [0.1, 0.15) is 5.82 Å². The summed E-state index contributed by atoms with van der Waals surface area (Å²) in [7, 11) is 0. The molecule has 1 saturated heterocycles. The van der Waals surface area contributed by atoms with E-state index >= 15 is 0 Å². The molecule has 1 unspecified atom stereocenters. The third-order valence-electron chi connectivity index (χ3n) is 4.53. The monoisotopic (exact) mass is 376 g/mol. The summed E-state index contributed by atoms with van der Waals surface area (Å²) in [5.41, 5.74) is 8.87. The number of aliphatic hydroxyl groups excluding tert-OH is 1. The van der Waals surface area contributed by atoms with Crippen molar-refractivity contribution in [2.24, 2.45) is 0 Å². The van der Waals surface area contributed by atoms with Gasteiger partial charge in [0.15, 0.2) is 0 Å². The Morgan fingerprint density at radius 3 is 2.96 bits per heavy atom. The number of aromatic nitrogens is 2. The van der Waals surface area contributed by atoms with E-state index in [-0.39, 0.29) is 18.6 Å². The highest BCUT2D eigenvalue weighted by molar-refractivity contribution is 6.31. The molecular formula is C19H25ClN4O2. The Hall–Kier alpha value is -1.89. The zero-order valence-corrected chi connectivity index (χ0v) is 15.7. The number of aliphatic hydroxyl groups is 1. The van der Waals surface area contributed by atoms with E-state index in [4.69, 9.17) is 27.2 Å². The molecule has 2 heterocycles. The van der Waals surface area contributed by atoms with Crippen LogP contribution in [-0.4, -0.2) is 41.4 Å². The quantitative estimate of drug-likeness (QED) is 0.834. The Bertz CT molecular complexity index is 736. The Morgan fingerprint density at radius 2 is 2.19 bits per heavy atom. The Morgan fingerprint density at radius 1 is 1.35 bits per heavy atom. The number of benzene rings is 1. The lowest BCUT2D eigenvalue weighted by atomic mass is 10.0. The van der Waals surface area contributed by atoms with Crippen LogP contribution >= 0.6 is 11.6 Å². The first-order valence-corrected chi connectivity index (χ1v) is 9.31. The maximum atomic E-state index is 9.10. The van der Waals surface area contributed by atoms with E-state index in [0.717, 1.165) is 48.4 Å². The minimum Gasteiger partial charge on any atom is -0.396 e. The third-order valence-corrected chi connectivity index (χ3v) is 4.88. The van der Waals surface area contributed by atoms with E-state index in [9.17, 15) is 0 Å². The van der Waals surface area contributed by atoms with Crippen LogP contribution in [0.25, 0.3) is 0 Å². The Kier molecular flexibility index (Phi) is 6.29. The molecule has 0 aliphatic carbocycles. The number of nitrogens with two attached hydrogens (primary N) is 1. The number of aryl methyl sites for hydroxylation is 2.